The van der Waals surface area contributed by atoms with Gasteiger partial charge in [0.15, 0.2) is 11.5 Å². The minimum absolute atomic E-state index is 0.191. The second-order valence-electron chi connectivity index (χ2n) is 6.23. The van der Waals surface area contributed by atoms with Crippen LogP contribution in [0.4, 0.5) is 0 Å². The molecule has 1 saturated heterocycles. The fourth-order valence-corrected chi connectivity index (χ4v) is 5.86. The lowest BCUT2D eigenvalue weighted by atomic mass is 10.1. The van der Waals surface area contributed by atoms with E-state index in [1.807, 2.05) is 0 Å². The molecule has 2 aromatic rings. The Morgan fingerprint density at radius 3 is 2.48 bits per heavy atom. The number of hydrogen-bond acceptors (Lipinski definition) is 6. The summed E-state index contributed by atoms with van der Waals surface area (Å²) in [6, 6.07) is 6.70. The average molecular weight is 457 g/mol. The number of rotatable bonds is 6. The number of carbonyl (C=O) groups is 1. The summed E-state index contributed by atoms with van der Waals surface area (Å²) in [5.41, 5.74) is 0.694. The quantitative estimate of drug-likeness (QED) is 0.624. The molecule has 1 aliphatic heterocycles. The van der Waals surface area contributed by atoms with E-state index in [0.29, 0.717) is 39.4 Å². The van der Waals surface area contributed by atoms with Crippen molar-refractivity contribution in [2.75, 3.05) is 40.4 Å². The summed E-state index contributed by atoms with van der Waals surface area (Å²) in [5, 5.41) is 2.11. The molecule has 1 fully saturated rings. The van der Waals surface area contributed by atoms with Crippen LogP contribution in [0.1, 0.15) is 5.56 Å². The van der Waals surface area contributed by atoms with Gasteiger partial charge < -0.3 is 14.4 Å². The van der Waals surface area contributed by atoms with Crippen molar-refractivity contribution >= 4 is 44.9 Å². The standard InChI is InChI=1S/C19H21ClN2O5S2/c1-26-16-13-14(12-15(20)19(16)27-2)5-6-17(23)21-7-9-22(10-8-21)29(24,25)18-4-3-11-28-18/h3-6,11-13H,7-10H2,1-2H3/b6-5+. The molecule has 1 aromatic heterocycles. The number of methoxy groups -OCH3 is 2. The number of amides is 1. The molecular weight excluding hydrogens is 436 g/mol. The average Bonchev–Trinajstić information content (AvgIpc) is 3.27. The highest BCUT2D eigenvalue weighted by Crippen LogP contribution is 2.36. The highest BCUT2D eigenvalue weighted by molar-refractivity contribution is 7.91. The van der Waals surface area contributed by atoms with Crippen LogP contribution in [0.15, 0.2) is 39.9 Å². The second-order valence-corrected chi connectivity index (χ2v) is 9.75. The van der Waals surface area contributed by atoms with Gasteiger partial charge in [-0.25, -0.2) is 8.42 Å². The van der Waals surface area contributed by atoms with Gasteiger partial charge in [0.1, 0.15) is 4.21 Å². The lowest BCUT2D eigenvalue weighted by Gasteiger charge is -2.33. The van der Waals surface area contributed by atoms with Crippen LogP contribution >= 0.6 is 22.9 Å². The number of carbonyl (C=O) groups excluding carboxylic acids is 1. The number of thiophene rings is 1. The molecule has 0 N–H and O–H groups in total. The Morgan fingerprint density at radius 2 is 1.90 bits per heavy atom. The zero-order valence-electron chi connectivity index (χ0n) is 16.0. The molecule has 0 bridgehead atoms. The Balaban J connectivity index is 1.64. The fourth-order valence-electron chi connectivity index (χ4n) is 2.99. The Labute approximate surface area is 179 Å². The second kappa shape index (κ2) is 9.17. The monoisotopic (exact) mass is 456 g/mol. The number of sulfonamides is 1. The van der Waals surface area contributed by atoms with Gasteiger partial charge in [-0.2, -0.15) is 4.31 Å². The van der Waals surface area contributed by atoms with Crippen molar-refractivity contribution in [2.24, 2.45) is 0 Å². The maximum absolute atomic E-state index is 12.6. The first-order valence-corrected chi connectivity index (χ1v) is 11.5. The molecular formula is C19H21ClN2O5S2. The number of piperazine rings is 1. The molecule has 7 nitrogen and oxygen atoms in total. The maximum Gasteiger partial charge on any atom is 0.252 e. The third-order valence-electron chi connectivity index (χ3n) is 4.51. The van der Waals surface area contributed by atoms with E-state index in [2.05, 4.69) is 0 Å². The third-order valence-corrected chi connectivity index (χ3v) is 8.07. The van der Waals surface area contributed by atoms with Gasteiger partial charge in [0, 0.05) is 32.3 Å². The van der Waals surface area contributed by atoms with E-state index in [-0.39, 0.29) is 19.0 Å². The van der Waals surface area contributed by atoms with Crippen molar-refractivity contribution in [3.63, 3.8) is 0 Å². The number of ether oxygens (including phenoxy) is 2. The third kappa shape index (κ3) is 4.75. The minimum atomic E-state index is -3.49. The Kier molecular flexibility index (Phi) is 6.84. The summed E-state index contributed by atoms with van der Waals surface area (Å²) in [5.74, 6) is 0.712. The normalized spacial score (nSPS) is 15.6. The fraction of sp³-hybridized carbons (Fsp3) is 0.316. The first-order valence-electron chi connectivity index (χ1n) is 8.79. The van der Waals surface area contributed by atoms with Crippen molar-refractivity contribution in [1.29, 1.82) is 0 Å². The van der Waals surface area contributed by atoms with Crippen molar-refractivity contribution < 1.29 is 22.7 Å². The Hall–Kier alpha value is -2.07. The van der Waals surface area contributed by atoms with Crippen molar-refractivity contribution in [3.8, 4) is 11.5 Å². The molecule has 0 unspecified atom stereocenters. The molecule has 10 heteroatoms. The van der Waals surface area contributed by atoms with Crippen molar-refractivity contribution in [3.05, 3.63) is 46.3 Å². The summed E-state index contributed by atoms with van der Waals surface area (Å²) in [7, 11) is -0.475. The number of nitrogens with zero attached hydrogens (tertiary/aromatic N) is 2. The molecule has 0 spiro atoms. The van der Waals surface area contributed by atoms with E-state index in [0.717, 1.165) is 0 Å². The van der Waals surface area contributed by atoms with Gasteiger partial charge >= 0.3 is 0 Å². The van der Waals surface area contributed by atoms with Gasteiger partial charge in [0.2, 0.25) is 5.91 Å². The molecule has 2 heterocycles. The van der Waals surface area contributed by atoms with Crippen LogP contribution < -0.4 is 9.47 Å². The van der Waals surface area contributed by atoms with Crippen LogP contribution in [0.25, 0.3) is 6.08 Å². The summed E-state index contributed by atoms with van der Waals surface area (Å²) >= 11 is 7.37. The van der Waals surface area contributed by atoms with Crippen LogP contribution in [0.5, 0.6) is 11.5 Å². The van der Waals surface area contributed by atoms with Gasteiger partial charge in [0.25, 0.3) is 10.0 Å². The molecule has 0 aliphatic carbocycles. The van der Waals surface area contributed by atoms with E-state index in [1.165, 1.54) is 35.9 Å². The van der Waals surface area contributed by atoms with E-state index < -0.39 is 10.0 Å². The highest BCUT2D eigenvalue weighted by atomic mass is 35.5. The summed E-state index contributed by atoms with van der Waals surface area (Å²) < 4.78 is 37.3. The summed E-state index contributed by atoms with van der Waals surface area (Å²) in [4.78, 5) is 14.1. The van der Waals surface area contributed by atoms with Gasteiger partial charge in [-0.05, 0) is 35.2 Å². The molecule has 1 aromatic carbocycles. The molecule has 29 heavy (non-hydrogen) atoms. The predicted molar refractivity (Wildman–Crippen MR) is 113 cm³/mol. The lowest BCUT2D eigenvalue weighted by Crippen LogP contribution is -2.50. The van der Waals surface area contributed by atoms with Crippen LogP contribution in [0.2, 0.25) is 5.02 Å². The topological polar surface area (TPSA) is 76.2 Å². The van der Waals surface area contributed by atoms with E-state index in [1.54, 1.807) is 40.6 Å². The van der Waals surface area contributed by atoms with Crippen LogP contribution in [-0.2, 0) is 14.8 Å². The molecule has 3 rings (SSSR count). The van der Waals surface area contributed by atoms with E-state index in [4.69, 9.17) is 21.1 Å². The molecule has 0 radical (unpaired) electrons. The smallest absolute Gasteiger partial charge is 0.252 e. The Morgan fingerprint density at radius 1 is 1.17 bits per heavy atom. The number of halogens is 1. The maximum atomic E-state index is 12.6. The molecule has 0 atom stereocenters. The van der Waals surface area contributed by atoms with Gasteiger partial charge in [0.05, 0.1) is 19.2 Å². The lowest BCUT2D eigenvalue weighted by molar-refractivity contribution is -0.127. The minimum Gasteiger partial charge on any atom is -0.493 e. The van der Waals surface area contributed by atoms with Crippen LogP contribution in [0.3, 0.4) is 0 Å². The van der Waals surface area contributed by atoms with Crippen LogP contribution in [0, 0.1) is 0 Å². The number of hydrogen-bond donors (Lipinski definition) is 0. The van der Waals surface area contributed by atoms with Gasteiger partial charge in [-0.1, -0.05) is 17.7 Å². The van der Waals surface area contributed by atoms with Gasteiger partial charge in [-0.3, -0.25) is 4.79 Å². The zero-order chi connectivity index (χ0) is 21.0. The van der Waals surface area contributed by atoms with Crippen LogP contribution in [-0.4, -0.2) is 63.9 Å². The molecule has 0 saturated carbocycles. The zero-order valence-corrected chi connectivity index (χ0v) is 18.4. The van der Waals surface area contributed by atoms with Gasteiger partial charge in [-0.15, -0.1) is 11.3 Å². The van der Waals surface area contributed by atoms with Crippen molar-refractivity contribution in [1.82, 2.24) is 9.21 Å². The predicted octanol–water partition coefficient (Wildman–Crippen LogP) is 2.97. The first-order chi connectivity index (χ1) is 13.9. The SMILES string of the molecule is COc1cc(/C=C/C(=O)N2CCN(S(=O)(=O)c3cccs3)CC2)cc(Cl)c1OC. The largest absolute Gasteiger partial charge is 0.493 e. The Bertz CT molecular complexity index is 998. The molecule has 1 aliphatic rings. The molecule has 156 valence electrons. The van der Waals surface area contributed by atoms with Crippen molar-refractivity contribution in [2.45, 2.75) is 4.21 Å². The number of benzene rings is 1. The van der Waals surface area contributed by atoms with E-state index in [9.17, 15) is 13.2 Å². The molecule has 1 amide bonds. The summed E-state index contributed by atoms with van der Waals surface area (Å²) in [6.45, 7) is 1.20. The first kappa shape index (κ1) is 21.6. The summed E-state index contributed by atoms with van der Waals surface area (Å²) in [6.07, 6.45) is 3.09. The highest BCUT2D eigenvalue weighted by Gasteiger charge is 2.30. The van der Waals surface area contributed by atoms with E-state index >= 15 is 0 Å².